The SMILES string of the molecule is CCN1/C(=C/C=C2\CCC(/C=C/c3n(CC)c4ccccc4[n+]3CCCS(=O)(=O)O)=C2N2CCN(CC(=O)O)CC2)N(CCCS(=O)(=O)O)c2ccccc21. The Morgan fingerprint density at radius 1 is 0.800 bits per heavy atom. The van der Waals surface area contributed by atoms with Crippen LogP contribution in [0, 0.1) is 0 Å². The van der Waals surface area contributed by atoms with Crippen LogP contribution in [0.25, 0.3) is 17.1 Å². The van der Waals surface area contributed by atoms with E-state index in [2.05, 4.69) is 62.0 Å². The summed E-state index contributed by atoms with van der Waals surface area (Å²) in [4.78, 5) is 20.1. The number of hydrogen-bond acceptors (Lipinski definition) is 9. The second kappa shape index (κ2) is 17.1. The Bertz CT molecular complexity index is 2250. The first-order valence-electron chi connectivity index (χ1n) is 18.8. The first kappa shape index (κ1) is 40.2. The molecule has 14 nitrogen and oxygen atoms in total. The number of para-hydroxylation sites is 4. The minimum Gasteiger partial charge on any atom is -0.480 e. The lowest BCUT2D eigenvalue weighted by molar-refractivity contribution is -0.673. The Balaban J connectivity index is 1.40. The van der Waals surface area contributed by atoms with E-state index < -0.39 is 26.2 Å². The lowest BCUT2D eigenvalue weighted by atomic mass is 10.1. The number of benzene rings is 2. The molecule has 2 aliphatic heterocycles. The van der Waals surface area contributed by atoms with Gasteiger partial charge < -0.3 is 19.8 Å². The van der Waals surface area contributed by atoms with E-state index in [0.29, 0.717) is 52.4 Å². The van der Waals surface area contributed by atoms with Gasteiger partial charge in [-0.3, -0.25) is 18.8 Å². The van der Waals surface area contributed by atoms with Gasteiger partial charge in [0, 0.05) is 57.5 Å². The Kier molecular flexibility index (Phi) is 12.5. The van der Waals surface area contributed by atoms with Crippen molar-refractivity contribution < 1.29 is 40.4 Å². The van der Waals surface area contributed by atoms with Crippen LogP contribution in [0.15, 0.2) is 89.4 Å². The molecule has 1 saturated heterocycles. The molecule has 1 aliphatic carbocycles. The van der Waals surface area contributed by atoms with Crippen molar-refractivity contribution in [2.24, 2.45) is 0 Å². The van der Waals surface area contributed by atoms with Crippen molar-refractivity contribution in [3.8, 4) is 0 Å². The molecule has 0 saturated carbocycles. The van der Waals surface area contributed by atoms with Crippen LogP contribution in [0.5, 0.6) is 0 Å². The number of rotatable bonds is 16. The van der Waals surface area contributed by atoms with Crippen molar-refractivity contribution in [3.05, 3.63) is 95.2 Å². The number of imidazole rings is 1. The Morgan fingerprint density at radius 3 is 2.11 bits per heavy atom. The van der Waals surface area contributed by atoms with Crippen LogP contribution in [0.1, 0.15) is 45.4 Å². The van der Waals surface area contributed by atoms with E-state index in [-0.39, 0.29) is 30.9 Å². The lowest BCUT2D eigenvalue weighted by Crippen LogP contribution is -2.47. The van der Waals surface area contributed by atoms with Crippen molar-refractivity contribution in [2.75, 3.05) is 67.1 Å². The van der Waals surface area contributed by atoms with Gasteiger partial charge in [0.2, 0.25) is 0 Å². The van der Waals surface area contributed by atoms with Gasteiger partial charge in [-0.2, -0.15) is 16.8 Å². The van der Waals surface area contributed by atoms with Gasteiger partial charge in [0.15, 0.2) is 11.0 Å². The monoisotopic (exact) mass is 795 g/mol. The number of carbonyl (C=O) groups is 1. The number of fused-ring (bicyclic) bond motifs is 2. The van der Waals surface area contributed by atoms with E-state index in [4.69, 9.17) is 0 Å². The van der Waals surface area contributed by atoms with Crippen molar-refractivity contribution in [3.63, 3.8) is 0 Å². The van der Waals surface area contributed by atoms with E-state index >= 15 is 0 Å². The first-order valence-corrected chi connectivity index (χ1v) is 22.1. The quantitative estimate of drug-likeness (QED) is 0.139. The number of aromatic nitrogens is 2. The zero-order valence-electron chi connectivity index (χ0n) is 31.4. The summed E-state index contributed by atoms with van der Waals surface area (Å²) in [6.45, 7) is 8.88. The highest BCUT2D eigenvalue weighted by atomic mass is 32.2. The van der Waals surface area contributed by atoms with Gasteiger partial charge in [-0.25, -0.2) is 9.13 Å². The van der Waals surface area contributed by atoms with Crippen LogP contribution in [-0.4, -0.2) is 109 Å². The third-order valence-electron chi connectivity index (χ3n) is 10.4. The Hall–Kier alpha value is -4.48. The molecule has 3 aliphatic rings. The molecular formula is C39H51N6O8S2+. The highest BCUT2D eigenvalue weighted by Gasteiger charge is 2.31. The van der Waals surface area contributed by atoms with Crippen LogP contribution in [0.2, 0.25) is 0 Å². The van der Waals surface area contributed by atoms with Gasteiger partial charge in [0.05, 0.1) is 42.5 Å². The van der Waals surface area contributed by atoms with E-state index in [9.17, 15) is 35.8 Å². The summed E-state index contributed by atoms with van der Waals surface area (Å²) in [5, 5.41) is 9.43. The fraction of sp³-hybridized carbons (Fsp3) is 0.436. The maximum atomic E-state index is 11.6. The molecule has 2 aromatic carbocycles. The van der Waals surface area contributed by atoms with E-state index in [1.54, 1.807) is 0 Å². The third-order valence-corrected chi connectivity index (χ3v) is 12.0. The summed E-state index contributed by atoms with van der Waals surface area (Å²) in [6.07, 6.45) is 10.6. The van der Waals surface area contributed by atoms with Crippen LogP contribution in [0.4, 0.5) is 11.4 Å². The predicted octanol–water partition coefficient (Wildman–Crippen LogP) is 4.38. The standard InChI is InChI=1S/C39H50N6O8S2/c1-3-42-32-11-5-7-13-34(32)44(21-9-27-54(48,49)50)36(42)19-17-30-15-16-31(39(30)41-25-23-40(24-26-41)29-38(46)47)18-20-37-43(4-2)33-12-6-8-14-35(33)45(37)22-10-28-55(51,52)53/h5-8,11-14,17-20H,3-4,9-10,15-16,21-29H2,1-2H3,(H2-,46,47,48,49,50,51,52,53)/p+1. The van der Waals surface area contributed by atoms with Gasteiger partial charge in [-0.05, 0) is 80.7 Å². The average molecular weight is 796 g/mol. The van der Waals surface area contributed by atoms with Crippen molar-refractivity contribution in [2.45, 2.75) is 52.6 Å². The molecule has 3 N–H and O–H groups in total. The van der Waals surface area contributed by atoms with E-state index in [1.165, 1.54) is 0 Å². The van der Waals surface area contributed by atoms with E-state index in [1.807, 2.05) is 53.4 Å². The summed E-state index contributed by atoms with van der Waals surface area (Å²) < 4.78 is 69.5. The smallest absolute Gasteiger partial charge is 0.317 e. The number of aliphatic carboxylic acids is 1. The molecule has 296 valence electrons. The molecule has 0 bridgehead atoms. The molecule has 0 amide bonds. The second-order valence-corrected chi connectivity index (χ2v) is 17.1. The minimum atomic E-state index is -4.11. The molecule has 1 aromatic heterocycles. The van der Waals surface area contributed by atoms with Gasteiger partial charge >= 0.3 is 5.97 Å². The number of aryl methyl sites for hydroxylation is 2. The van der Waals surface area contributed by atoms with Gasteiger partial charge in [0.25, 0.3) is 26.1 Å². The molecule has 3 aromatic rings. The normalized spacial score (nSPS) is 18.6. The van der Waals surface area contributed by atoms with Gasteiger partial charge in [0.1, 0.15) is 5.82 Å². The lowest BCUT2D eigenvalue weighted by Gasteiger charge is -2.37. The summed E-state index contributed by atoms with van der Waals surface area (Å²) in [7, 11) is -8.21. The number of nitrogens with zero attached hydrogens (tertiary/aromatic N) is 6. The molecule has 0 spiro atoms. The number of carboxylic acid groups (broad SMARTS) is 1. The molecule has 0 unspecified atom stereocenters. The summed E-state index contributed by atoms with van der Waals surface area (Å²) >= 11 is 0. The van der Waals surface area contributed by atoms with Crippen LogP contribution in [0.3, 0.4) is 0 Å². The van der Waals surface area contributed by atoms with Crippen molar-refractivity contribution in [1.82, 2.24) is 14.4 Å². The number of piperazine rings is 1. The summed E-state index contributed by atoms with van der Waals surface area (Å²) in [6, 6.07) is 16.0. The van der Waals surface area contributed by atoms with Gasteiger partial charge in [-0.1, -0.05) is 30.3 Å². The Labute approximate surface area is 323 Å². The largest absolute Gasteiger partial charge is 0.480 e. The number of allylic oxidation sites excluding steroid dienone is 5. The highest BCUT2D eigenvalue weighted by molar-refractivity contribution is 7.86. The molecule has 0 radical (unpaired) electrons. The molecule has 55 heavy (non-hydrogen) atoms. The maximum Gasteiger partial charge on any atom is 0.317 e. The van der Waals surface area contributed by atoms with Crippen LogP contribution < -0.4 is 14.4 Å². The highest BCUT2D eigenvalue weighted by Crippen LogP contribution is 2.42. The minimum absolute atomic E-state index is 0.00554. The molecule has 1 fully saturated rings. The fourth-order valence-electron chi connectivity index (χ4n) is 8.05. The molecule has 0 atom stereocenters. The summed E-state index contributed by atoms with van der Waals surface area (Å²) in [5.74, 6) is 0.319. The van der Waals surface area contributed by atoms with Crippen molar-refractivity contribution >= 4 is 54.7 Å². The van der Waals surface area contributed by atoms with Crippen LogP contribution in [-0.2, 0) is 38.1 Å². The predicted molar refractivity (Wildman–Crippen MR) is 214 cm³/mol. The third kappa shape index (κ3) is 9.50. The molecule has 6 rings (SSSR count). The fourth-order valence-corrected chi connectivity index (χ4v) is 9.03. The molecule has 16 heteroatoms. The van der Waals surface area contributed by atoms with Crippen LogP contribution >= 0.6 is 0 Å². The zero-order valence-corrected chi connectivity index (χ0v) is 33.1. The number of anilines is 2. The first-order chi connectivity index (χ1) is 26.3. The molecular weight excluding hydrogens is 745 g/mol. The molecule has 3 heterocycles. The summed E-state index contributed by atoms with van der Waals surface area (Å²) in [5.41, 5.74) is 7.39. The van der Waals surface area contributed by atoms with Gasteiger partial charge in [-0.15, -0.1) is 0 Å². The number of hydrogen-bond donors (Lipinski definition) is 3. The second-order valence-electron chi connectivity index (χ2n) is 14.0. The zero-order chi connectivity index (χ0) is 39.3. The van der Waals surface area contributed by atoms with Crippen molar-refractivity contribution in [1.29, 1.82) is 0 Å². The number of carboxylic acids is 1. The maximum absolute atomic E-state index is 11.6. The van der Waals surface area contributed by atoms with E-state index in [0.717, 1.165) is 63.7 Å². The topological polar surface area (TPSA) is 168 Å². The Morgan fingerprint density at radius 2 is 1.45 bits per heavy atom. The average Bonchev–Trinajstić information content (AvgIpc) is 3.78.